The van der Waals surface area contributed by atoms with Gasteiger partial charge in [-0.05, 0) is 25.1 Å². The first-order chi connectivity index (χ1) is 20.3. The molecule has 0 amide bonds. The number of hydrogen-bond acceptors (Lipinski definition) is 16. The number of aliphatic hydroxyl groups is 7. The summed E-state index contributed by atoms with van der Waals surface area (Å²) in [6.45, 7) is 0.654. The van der Waals surface area contributed by atoms with Gasteiger partial charge in [-0.3, -0.25) is 4.79 Å². The average molecular weight is 611 g/mol. The Labute approximate surface area is 241 Å². The zero-order valence-corrected chi connectivity index (χ0v) is 22.3. The summed E-state index contributed by atoms with van der Waals surface area (Å²) in [5.41, 5.74) is -1.38. The first kappa shape index (κ1) is 30.7. The molecular weight excluding hydrogens is 580 g/mol. The van der Waals surface area contributed by atoms with Crippen molar-refractivity contribution in [2.45, 2.75) is 68.3 Å². The highest BCUT2D eigenvalue weighted by Crippen LogP contribution is 2.40. The first-order valence-electron chi connectivity index (χ1n) is 13.0. The minimum Gasteiger partial charge on any atom is -0.508 e. The third kappa shape index (κ3) is 5.55. The van der Waals surface area contributed by atoms with E-state index < -0.39 is 108 Å². The van der Waals surface area contributed by atoms with Gasteiger partial charge in [0, 0.05) is 17.7 Å². The van der Waals surface area contributed by atoms with Crippen molar-refractivity contribution >= 4 is 11.0 Å². The van der Waals surface area contributed by atoms with Crippen molar-refractivity contribution in [3.05, 3.63) is 40.6 Å². The summed E-state index contributed by atoms with van der Waals surface area (Å²) >= 11 is 0. The number of hydrogen-bond donors (Lipinski definition) is 10. The van der Waals surface area contributed by atoms with Crippen LogP contribution in [0.1, 0.15) is 6.92 Å². The molecule has 1 aromatic heterocycles. The van der Waals surface area contributed by atoms with Gasteiger partial charge in [0.1, 0.15) is 65.2 Å². The topological polar surface area (TPSA) is 269 Å². The predicted molar refractivity (Wildman–Crippen MR) is 140 cm³/mol. The highest BCUT2D eigenvalue weighted by Gasteiger charge is 2.46. The van der Waals surface area contributed by atoms with Gasteiger partial charge in [0.25, 0.3) is 0 Å². The number of phenolic OH excluding ortho intramolecular Hbond substituents is 3. The van der Waals surface area contributed by atoms with Gasteiger partial charge < -0.3 is 74.4 Å². The second-order valence-corrected chi connectivity index (χ2v) is 10.2. The average Bonchev–Trinajstić information content (AvgIpc) is 2.96. The molecule has 2 saturated heterocycles. The van der Waals surface area contributed by atoms with Gasteiger partial charge in [0.15, 0.2) is 17.3 Å². The van der Waals surface area contributed by atoms with Crippen LogP contribution in [0.3, 0.4) is 0 Å². The third-order valence-corrected chi connectivity index (χ3v) is 7.27. The number of aliphatic hydroxyl groups excluding tert-OH is 7. The Hall–Kier alpha value is -3.71. The van der Waals surface area contributed by atoms with E-state index in [4.69, 9.17) is 23.4 Å². The van der Waals surface area contributed by atoms with E-state index in [1.165, 1.54) is 19.1 Å². The van der Waals surface area contributed by atoms with E-state index in [2.05, 4.69) is 0 Å². The molecule has 2 aliphatic heterocycles. The summed E-state index contributed by atoms with van der Waals surface area (Å²) in [4.78, 5) is 13.6. The molecule has 0 unspecified atom stereocenters. The smallest absolute Gasteiger partial charge is 0.239 e. The first-order valence-corrected chi connectivity index (χ1v) is 13.0. The zero-order chi connectivity index (χ0) is 31.3. The van der Waals surface area contributed by atoms with Crippen LogP contribution in [0.2, 0.25) is 0 Å². The molecule has 0 spiro atoms. The van der Waals surface area contributed by atoms with E-state index in [0.717, 1.165) is 18.2 Å². The van der Waals surface area contributed by atoms with Crippen LogP contribution in [0, 0.1) is 0 Å². The Balaban J connectivity index is 1.56. The fourth-order valence-corrected chi connectivity index (χ4v) is 4.84. The second-order valence-electron chi connectivity index (χ2n) is 10.2. The molecule has 3 heterocycles. The molecule has 2 aromatic carbocycles. The summed E-state index contributed by atoms with van der Waals surface area (Å²) in [5.74, 6) is -3.08. The van der Waals surface area contributed by atoms with E-state index in [1.54, 1.807) is 0 Å². The van der Waals surface area contributed by atoms with Crippen LogP contribution in [0.15, 0.2) is 39.5 Å². The fourth-order valence-electron chi connectivity index (χ4n) is 4.84. The van der Waals surface area contributed by atoms with Crippen LogP contribution in [0.25, 0.3) is 22.3 Å². The Kier molecular flexibility index (Phi) is 8.41. The molecule has 2 fully saturated rings. The van der Waals surface area contributed by atoms with Gasteiger partial charge in [0.05, 0.1) is 12.7 Å². The van der Waals surface area contributed by atoms with Crippen LogP contribution in [0.5, 0.6) is 28.7 Å². The molecule has 0 bridgehead atoms. The molecule has 16 heteroatoms. The van der Waals surface area contributed by atoms with Gasteiger partial charge in [-0.15, -0.1) is 0 Å². The van der Waals surface area contributed by atoms with E-state index in [9.17, 15) is 55.9 Å². The lowest BCUT2D eigenvalue weighted by Gasteiger charge is -2.39. The molecule has 5 rings (SSSR count). The molecule has 0 saturated carbocycles. The highest BCUT2D eigenvalue weighted by atomic mass is 16.7. The van der Waals surface area contributed by atoms with Gasteiger partial charge >= 0.3 is 0 Å². The van der Waals surface area contributed by atoms with Gasteiger partial charge in [-0.2, -0.15) is 0 Å². The van der Waals surface area contributed by atoms with E-state index in [-0.39, 0.29) is 16.9 Å². The summed E-state index contributed by atoms with van der Waals surface area (Å²) in [7, 11) is 0. The Morgan fingerprint density at radius 1 is 0.767 bits per heavy atom. The van der Waals surface area contributed by atoms with Crippen LogP contribution in [0.4, 0.5) is 0 Å². The van der Waals surface area contributed by atoms with E-state index >= 15 is 0 Å². The second kappa shape index (κ2) is 11.8. The van der Waals surface area contributed by atoms with Gasteiger partial charge in [-0.25, -0.2) is 0 Å². The number of rotatable bonds is 6. The lowest BCUT2D eigenvalue weighted by atomic mass is 9.99. The van der Waals surface area contributed by atoms with Crippen molar-refractivity contribution in [3.63, 3.8) is 0 Å². The van der Waals surface area contributed by atoms with Crippen LogP contribution >= 0.6 is 0 Å². The minimum absolute atomic E-state index is 0.0554. The third-order valence-electron chi connectivity index (χ3n) is 7.27. The molecular formula is C27H30O16. The van der Waals surface area contributed by atoms with Crippen molar-refractivity contribution in [1.29, 1.82) is 0 Å². The maximum Gasteiger partial charge on any atom is 0.239 e. The quantitative estimate of drug-likeness (QED) is 0.144. The maximum absolute atomic E-state index is 13.6. The normalized spacial score (nSPS) is 32.9. The van der Waals surface area contributed by atoms with Crippen LogP contribution in [-0.2, 0) is 9.47 Å². The SMILES string of the molecule is C[C@@H]1O[C@@H](Oc2ccc(-c3oc4cc(O)cc(O)c4c(=O)c3O[C@@H]3O[C@H](CO)[C@@H](O)[C@@H](O)[C@H]3O)cc2O)[C@H](O)[C@H](O)[C@H]1O. The summed E-state index contributed by atoms with van der Waals surface area (Å²) in [6.07, 6.45) is -15.8. The molecule has 43 heavy (non-hydrogen) atoms. The molecule has 10 atom stereocenters. The number of aromatic hydroxyl groups is 3. The largest absolute Gasteiger partial charge is 0.508 e. The Morgan fingerprint density at radius 2 is 1.42 bits per heavy atom. The number of phenols is 3. The van der Waals surface area contributed by atoms with Crippen molar-refractivity contribution in [2.75, 3.05) is 6.61 Å². The van der Waals surface area contributed by atoms with E-state index in [1.807, 2.05) is 0 Å². The highest BCUT2D eigenvalue weighted by molar-refractivity contribution is 5.88. The molecule has 3 aromatic rings. The van der Waals surface area contributed by atoms with Crippen molar-refractivity contribution in [3.8, 4) is 40.1 Å². The van der Waals surface area contributed by atoms with Crippen molar-refractivity contribution < 1.29 is 74.4 Å². The number of benzene rings is 2. The number of fused-ring (bicyclic) bond motifs is 1. The molecule has 0 radical (unpaired) electrons. The van der Waals surface area contributed by atoms with Crippen molar-refractivity contribution in [2.24, 2.45) is 0 Å². The molecule has 10 N–H and O–H groups in total. The van der Waals surface area contributed by atoms with Crippen LogP contribution < -0.4 is 14.9 Å². The minimum atomic E-state index is -1.92. The molecule has 16 nitrogen and oxygen atoms in total. The number of ether oxygens (including phenoxy) is 4. The fraction of sp³-hybridized carbons (Fsp3) is 0.444. The predicted octanol–water partition coefficient (Wildman–Crippen LogP) is -2.04. The van der Waals surface area contributed by atoms with E-state index in [0.29, 0.717) is 0 Å². The van der Waals surface area contributed by atoms with Crippen LogP contribution in [-0.4, -0.2) is 119 Å². The summed E-state index contributed by atoms with van der Waals surface area (Å²) in [5, 5.41) is 101. The molecule has 234 valence electrons. The summed E-state index contributed by atoms with van der Waals surface area (Å²) in [6, 6.07) is 5.40. The molecule has 2 aliphatic rings. The monoisotopic (exact) mass is 610 g/mol. The Bertz CT molecular complexity index is 1540. The zero-order valence-electron chi connectivity index (χ0n) is 22.3. The lowest BCUT2D eigenvalue weighted by Crippen LogP contribution is -2.60. The summed E-state index contributed by atoms with van der Waals surface area (Å²) < 4.78 is 27.6. The maximum atomic E-state index is 13.6. The van der Waals surface area contributed by atoms with Gasteiger partial charge in [-0.1, -0.05) is 0 Å². The van der Waals surface area contributed by atoms with Crippen molar-refractivity contribution in [1.82, 2.24) is 0 Å². The standard InChI is InChI=1S/C27H30O16/c1-8-17(32)20(35)22(37)26(39-8)41-13-3-2-9(4-11(13)30)24-25(19(34)16-12(31)5-10(29)6-14(16)40-24)43-27-23(38)21(36)18(33)15(7-28)42-27/h2-6,8,15,17-18,20-23,26-33,35-38H,7H2,1H3/t8-,15+,17-,18+,20+,21+,22+,23+,26-,27-/m0/s1. The van der Waals surface area contributed by atoms with Gasteiger partial charge in [0.2, 0.25) is 23.8 Å². The lowest BCUT2D eigenvalue weighted by molar-refractivity contribution is -0.277. The molecule has 0 aliphatic carbocycles. The Morgan fingerprint density at radius 3 is 2.07 bits per heavy atom.